The summed E-state index contributed by atoms with van der Waals surface area (Å²) in [4.78, 5) is 0. The summed E-state index contributed by atoms with van der Waals surface area (Å²) in [5.41, 5.74) is 2.55. The van der Waals surface area contributed by atoms with Gasteiger partial charge in [0.25, 0.3) is 0 Å². The lowest BCUT2D eigenvalue weighted by Gasteiger charge is -2.14. The molecule has 4 heteroatoms. The Labute approximate surface area is 120 Å². The van der Waals surface area contributed by atoms with Crippen LogP contribution in [0, 0.1) is 0 Å². The maximum absolute atomic E-state index is 5.24. The number of thiophene rings is 1. The van der Waals surface area contributed by atoms with Crippen LogP contribution >= 0.6 is 27.3 Å². The summed E-state index contributed by atoms with van der Waals surface area (Å²) in [6.45, 7) is 3.04. The summed E-state index contributed by atoms with van der Waals surface area (Å²) in [6.07, 6.45) is 0. The lowest BCUT2D eigenvalue weighted by atomic mass is 10.1. The van der Waals surface area contributed by atoms with Gasteiger partial charge in [-0.2, -0.15) is 0 Å². The molecule has 0 aliphatic heterocycles. The Balaban J connectivity index is 1.96. The minimum Gasteiger partial charge on any atom is -0.497 e. The molecule has 0 saturated heterocycles. The smallest absolute Gasteiger partial charge is 0.119 e. The van der Waals surface area contributed by atoms with Crippen molar-refractivity contribution in [1.82, 2.24) is 5.32 Å². The van der Waals surface area contributed by atoms with Crippen LogP contribution in [0.15, 0.2) is 39.5 Å². The Morgan fingerprint density at radius 2 is 2.22 bits per heavy atom. The zero-order valence-electron chi connectivity index (χ0n) is 10.4. The van der Waals surface area contributed by atoms with E-state index in [1.54, 1.807) is 18.4 Å². The van der Waals surface area contributed by atoms with E-state index >= 15 is 0 Å². The molecule has 0 amide bonds. The van der Waals surface area contributed by atoms with Crippen molar-refractivity contribution < 1.29 is 4.74 Å². The van der Waals surface area contributed by atoms with E-state index in [1.165, 1.54) is 14.9 Å². The maximum atomic E-state index is 5.24. The molecule has 1 atom stereocenters. The third-order valence-corrected chi connectivity index (χ3v) is 4.38. The summed E-state index contributed by atoms with van der Waals surface area (Å²) in [7, 11) is 1.69. The highest BCUT2D eigenvalue weighted by Crippen LogP contribution is 2.22. The number of benzene rings is 1. The van der Waals surface area contributed by atoms with E-state index in [4.69, 9.17) is 4.74 Å². The molecular formula is C14H16BrNOS. The van der Waals surface area contributed by atoms with Crippen molar-refractivity contribution in [1.29, 1.82) is 0 Å². The first-order valence-corrected chi connectivity index (χ1v) is 7.46. The van der Waals surface area contributed by atoms with Crippen LogP contribution in [0.25, 0.3) is 0 Å². The second-order valence-electron chi connectivity index (χ2n) is 4.14. The fourth-order valence-electron chi connectivity index (χ4n) is 1.74. The monoisotopic (exact) mass is 325 g/mol. The third kappa shape index (κ3) is 3.57. The lowest BCUT2D eigenvalue weighted by molar-refractivity contribution is 0.413. The van der Waals surface area contributed by atoms with Gasteiger partial charge in [-0.15, -0.1) is 11.3 Å². The van der Waals surface area contributed by atoms with Gasteiger partial charge in [0.05, 0.1) is 10.9 Å². The van der Waals surface area contributed by atoms with Gasteiger partial charge in [0.15, 0.2) is 0 Å². The zero-order valence-corrected chi connectivity index (χ0v) is 12.8. The zero-order chi connectivity index (χ0) is 13.0. The first-order chi connectivity index (χ1) is 8.69. The van der Waals surface area contributed by atoms with E-state index in [1.807, 2.05) is 12.1 Å². The van der Waals surface area contributed by atoms with Crippen molar-refractivity contribution in [2.24, 2.45) is 0 Å². The van der Waals surface area contributed by atoms with E-state index in [9.17, 15) is 0 Å². The molecule has 1 aromatic heterocycles. The molecule has 0 bridgehead atoms. The number of rotatable bonds is 5. The van der Waals surface area contributed by atoms with Crippen molar-refractivity contribution in [2.75, 3.05) is 7.11 Å². The van der Waals surface area contributed by atoms with Crippen LogP contribution in [0.3, 0.4) is 0 Å². The fraction of sp³-hybridized carbons (Fsp3) is 0.286. The number of halogens is 1. The molecule has 1 heterocycles. The van der Waals surface area contributed by atoms with E-state index in [2.05, 4.69) is 51.7 Å². The van der Waals surface area contributed by atoms with E-state index in [-0.39, 0.29) is 0 Å². The Kier molecular flexibility index (Phi) is 4.80. The van der Waals surface area contributed by atoms with Gasteiger partial charge in [0.1, 0.15) is 5.75 Å². The fourth-order valence-corrected chi connectivity index (χ4v) is 2.95. The number of hydrogen-bond acceptors (Lipinski definition) is 3. The molecule has 96 valence electrons. The van der Waals surface area contributed by atoms with Crippen LogP contribution in [0.5, 0.6) is 5.75 Å². The minimum absolute atomic E-state index is 0.304. The second-order valence-corrected chi connectivity index (χ2v) is 6.43. The Morgan fingerprint density at radius 3 is 2.89 bits per heavy atom. The van der Waals surface area contributed by atoms with Crippen molar-refractivity contribution in [3.8, 4) is 5.75 Å². The van der Waals surface area contributed by atoms with Crippen molar-refractivity contribution in [3.05, 3.63) is 50.6 Å². The van der Waals surface area contributed by atoms with Crippen molar-refractivity contribution >= 4 is 27.3 Å². The van der Waals surface area contributed by atoms with Crippen LogP contribution in [0.4, 0.5) is 0 Å². The average molecular weight is 326 g/mol. The van der Waals surface area contributed by atoms with Gasteiger partial charge < -0.3 is 10.1 Å². The summed E-state index contributed by atoms with van der Waals surface area (Å²) in [5, 5.41) is 5.67. The molecule has 0 fully saturated rings. The number of methoxy groups -OCH3 is 1. The Morgan fingerprint density at radius 1 is 1.39 bits per heavy atom. The molecular weight excluding hydrogens is 310 g/mol. The van der Waals surface area contributed by atoms with Crippen LogP contribution in [-0.4, -0.2) is 7.11 Å². The maximum Gasteiger partial charge on any atom is 0.119 e. The first kappa shape index (κ1) is 13.6. The predicted molar refractivity (Wildman–Crippen MR) is 80.3 cm³/mol. The molecule has 0 saturated carbocycles. The Hall–Kier alpha value is -0.840. The predicted octanol–water partition coefficient (Wildman–Crippen LogP) is 4.37. The molecule has 0 aliphatic rings. The van der Waals surface area contributed by atoms with Gasteiger partial charge in [-0.3, -0.25) is 0 Å². The largest absolute Gasteiger partial charge is 0.497 e. The minimum atomic E-state index is 0.304. The van der Waals surface area contributed by atoms with Crippen molar-refractivity contribution in [3.63, 3.8) is 0 Å². The first-order valence-electron chi connectivity index (χ1n) is 5.79. The normalized spacial score (nSPS) is 12.4. The van der Waals surface area contributed by atoms with Gasteiger partial charge in [-0.1, -0.05) is 12.1 Å². The van der Waals surface area contributed by atoms with Crippen LogP contribution in [-0.2, 0) is 6.54 Å². The molecule has 1 aromatic carbocycles. The van der Waals surface area contributed by atoms with E-state index < -0.39 is 0 Å². The summed E-state index contributed by atoms with van der Waals surface area (Å²) in [6, 6.07) is 10.6. The third-order valence-electron chi connectivity index (χ3n) is 2.83. The topological polar surface area (TPSA) is 21.3 Å². The molecule has 2 aromatic rings. The quantitative estimate of drug-likeness (QED) is 0.881. The highest BCUT2D eigenvalue weighted by atomic mass is 79.9. The van der Waals surface area contributed by atoms with Crippen LogP contribution in [0.1, 0.15) is 24.1 Å². The van der Waals surface area contributed by atoms with E-state index in [0.29, 0.717) is 6.04 Å². The molecule has 1 N–H and O–H groups in total. The highest BCUT2D eigenvalue weighted by Gasteiger charge is 2.06. The number of nitrogens with one attached hydrogen (secondary N) is 1. The van der Waals surface area contributed by atoms with Crippen LogP contribution < -0.4 is 10.1 Å². The van der Waals surface area contributed by atoms with E-state index in [0.717, 1.165) is 12.3 Å². The standard InChI is InChI=1S/C14H16BrNOS/c1-10(12-4-3-5-13(7-12)17-2)16-8-11-6-14(15)18-9-11/h3-7,9-10,16H,8H2,1-2H3. The molecule has 0 spiro atoms. The highest BCUT2D eigenvalue weighted by molar-refractivity contribution is 9.11. The summed E-state index contributed by atoms with van der Waals surface area (Å²) < 4.78 is 6.41. The molecule has 0 aliphatic carbocycles. The Bertz CT molecular complexity index is 512. The second kappa shape index (κ2) is 6.36. The number of hydrogen-bond donors (Lipinski definition) is 1. The number of ether oxygens (including phenoxy) is 1. The van der Waals surface area contributed by atoms with Crippen molar-refractivity contribution in [2.45, 2.75) is 19.5 Å². The van der Waals surface area contributed by atoms with Gasteiger partial charge in [-0.25, -0.2) is 0 Å². The van der Waals surface area contributed by atoms with Gasteiger partial charge in [0.2, 0.25) is 0 Å². The molecule has 0 radical (unpaired) electrons. The van der Waals surface area contributed by atoms with Gasteiger partial charge in [0, 0.05) is 12.6 Å². The van der Waals surface area contributed by atoms with Crippen LogP contribution in [0.2, 0.25) is 0 Å². The molecule has 2 nitrogen and oxygen atoms in total. The molecule has 2 rings (SSSR count). The summed E-state index contributed by atoms with van der Waals surface area (Å²) >= 11 is 5.19. The molecule has 1 unspecified atom stereocenters. The SMILES string of the molecule is COc1cccc(C(C)NCc2csc(Br)c2)c1. The summed E-state index contributed by atoms with van der Waals surface area (Å²) in [5.74, 6) is 0.902. The van der Waals surface area contributed by atoms with Gasteiger partial charge >= 0.3 is 0 Å². The molecule has 18 heavy (non-hydrogen) atoms. The lowest BCUT2D eigenvalue weighted by Crippen LogP contribution is -2.17. The van der Waals surface area contributed by atoms with Gasteiger partial charge in [-0.05, 0) is 57.6 Å². The average Bonchev–Trinajstić information content (AvgIpc) is 2.82.